The van der Waals surface area contributed by atoms with Crippen molar-refractivity contribution in [1.82, 2.24) is 9.97 Å². The molecule has 7 nitrogen and oxygen atoms in total. The van der Waals surface area contributed by atoms with Crippen LogP contribution in [0.15, 0.2) is 46.0 Å². The summed E-state index contributed by atoms with van der Waals surface area (Å²) in [6, 6.07) is 7.56. The van der Waals surface area contributed by atoms with E-state index in [2.05, 4.69) is 31.2 Å². The Bertz CT molecular complexity index is 988. The summed E-state index contributed by atoms with van der Waals surface area (Å²) in [6.07, 6.45) is 1.32. The number of thioether (sulfide) groups is 1. The zero-order valence-electron chi connectivity index (χ0n) is 13.3. The number of nitrogens with two attached hydrogens (primary N) is 1. The molecule has 134 valence electrons. The van der Waals surface area contributed by atoms with E-state index in [9.17, 15) is 14.5 Å². The number of nitrogens with zero attached hydrogens (tertiary/aromatic N) is 3. The van der Waals surface area contributed by atoms with Gasteiger partial charge in [0, 0.05) is 28.2 Å². The normalized spacial score (nSPS) is 10.9. The van der Waals surface area contributed by atoms with Crippen LogP contribution in [0.25, 0.3) is 10.9 Å². The van der Waals surface area contributed by atoms with Crippen LogP contribution in [0.1, 0.15) is 0 Å². The van der Waals surface area contributed by atoms with Gasteiger partial charge in [-0.3, -0.25) is 10.1 Å². The van der Waals surface area contributed by atoms with Crippen LogP contribution in [-0.4, -0.2) is 27.2 Å². The molecule has 0 bridgehead atoms. The van der Waals surface area contributed by atoms with Crippen molar-refractivity contribution in [3.05, 3.63) is 57.1 Å². The summed E-state index contributed by atoms with van der Waals surface area (Å²) < 4.78 is 14.7. The number of benzene rings is 2. The number of halogens is 2. The van der Waals surface area contributed by atoms with Crippen LogP contribution in [0.5, 0.6) is 0 Å². The second-order valence-electron chi connectivity index (χ2n) is 5.20. The number of hydrogen-bond donors (Lipinski definition) is 2. The van der Waals surface area contributed by atoms with Crippen LogP contribution < -0.4 is 11.1 Å². The molecule has 3 aromatic rings. The lowest BCUT2D eigenvalue weighted by Crippen LogP contribution is -2.02. The summed E-state index contributed by atoms with van der Waals surface area (Å²) in [4.78, 5) is 19.7. The number of anilines is 2. The average molecular weight is 438 g/mol. The van der Waals surface area contributed by atoms with E-state index in [0.29, 0.717) is 32.6 Å². The lowest BCUT2D eigenvalue weighted by atomic mass is 10.2. The van der Waals surface area contributed by atoms with E-state index in [1.54, 1.807) is 18.2 Å². The molecule has 0 aliphatic carbocycles. The third-order valence-electron chi connectivity index (χ3n) is 3.47. The Morgan fingerprint density at radius 1 is 1.31 bits per heavy atom. The first-order valence-corrected chi connectivity index (χ1v) is 9.25. The van der Waals surface area contributed by atoms with E-state index in [0.717, 1.165) is 0 Å². The van der Waals surface area contributed by atoms with E-state index in [-0.39, 0.29) is 17.2 Å². The SMILES string of the molecule is NCCSc1cc2ncnc(Nc3ccc(Br)cc3F)c2cc1[N+](=O)[O-]. The van der Waals surface area contributed by atoms with E-state index in [1.807, 2.05) is 0 Å². The van der Waals surface area contributed by atoms with Crippen molar-refractivity contribution >= 4 is 55.8 Å². The van der Waals surface area contributed by atoms with Crippen molar-refractivity contribution in [2.45, 2.75) is 4.90 Å². The Morgan fingerprint density at radius 3 is 2.81 bits per heavy atom. The summed E-state index contributed by atoms with van der Waals surface area (Å²) in [5.74, 6) is 0.359. The van der Waals surface area contributed by atoms with Gasteiger partial charge < -0.3 is 11.1 Å². The van der Waals surface area contributed by atoms with Gasteiger partial charge in [0.05, 0.1) is 21.0 Å². The maximum absolute atomic E-state index is 14.1. The molecule has 0 atom stereocenters. The predicted molar refractivity (Wildman–Crippen MR) is 103 cm³/mol. The first-order valence-electron chi connectivity index (χ1n) is 7.47. The predicted octanol–water partition coefficient (Wildman–Crippen LogP) is 4.23. The second-order valence-corrected chi connectivity index (χ2v) is 7.26. The van der Waals surface area contributed by atoms with Gasteiger partial charge in [0.25, 0.3) is 5.69 Å². The van der Waals surface area contributed by atoms with Crippen LogP contribution >= 0.6 is 27.7 Å². The number of nitro benzene ring substituents is 1. The van der Waals surface area contributed by atoms with Crippen LogP contribution in [0.3, 0.4) is 0 Å². The number of fused-ring (bicyclic) bond motifs is 1. The molecule has 0 unspecified atom stereocenters. The van der Waals surface area contributed by atoms with Gasteiger partial charge in [0.2, 0.25) is 0 Å². The molecule has 3 N–H and O–H groups in total. The molecule has 0 amide bonds. The number of nitrogens with one attached hydrogen (secondary N) is 1. The molecule has 0 saturated carbocycles. The van der Waals surface area contributed by atoms with Crippen LogP contribution in [0, 0.1) is 15.9 Å². The minimum absolute atomic E-state index is 0.0647. The van der Waals surface area contributed by atoms with Crippen molar-refractivity contribution in [1.29, 1.82) is 0 Å². The zero-order chi connectivity index (χ0) is 18.7. The summed E-state index contributed by atoms with van der Waals surface area (Å²) in [6.45, 7) is 0.402. The van der Waals surface area contributed by atoms with E-state index >= 15 is 0 Å². The Balaban J connectivity index is 2.08. The number of aromatic nitrogens is 2. The summed E-state index contributed by atoms with van der Waals surface area (Å²) >= 11 is 4.49. The Labute approximate surface area is 160 Å². The monoisotopic (exact) mass is 437 g/mol. The quantitative estimate of drug-likeness (QED) is 0.337. The van der Waals surface area contributed by atoms with Gasteiger partial charge in [-0.15, -0.1) is 11.8 Å². The van der Waals surface area contributed by atoms with Crippen LogP contribution in [-0.2, 0) is 0 Å². The lowest BCUT2D eigenvalue weighted by Gasteiger charge is -2.10. The molecule has 10 heteroatoms. The topological polar surface area (TPSA) is 107 Å². The van der Waals surface area contributed by atoms with Gasteiger partial charge in [-0.05, 0) is 24.3 Å². The van der Waals surface area contributed by atoms with Gasteiger partial charge >= 0.3 is 0 Å². The highest BCUT2D eigenvalue weighted by Crippen LogP contribution is 2.35. The molecule has 0 saturated heterocycles. The molecular formula is C16H13BrFN5O2S. The first-order chi connectivity index (χ1) is 12.5. The van der Waals surface area contributed by atoms with E-state index < -0.39 is 10.7 Å². The minimum Gasteiger partial charge on any atom is -0.337 e. The molecule has 0 radical (unpaired) electrons. The Morgan fingerprint density at radius 2 is 2.12 bits per heavy atom. The second kappa shape index (κ2) is 7.94. The fourth-order valence-corrected chi connectivity index (χ4v) is 3.46. The number of nitro groups is 1. The molecule has 2 aromatic carbocycles. The third kappa shape index (κ3) is 3.92. The number of rotatable bonds is 6. The molecular weight excluding hydrogens is 425 g/mol. The summed E-state index contributed by atoms with van der Waals surface area (Å²) in [7, 11) is 0. The molecule has 1 aromatic heterocycles. The fraction of sp³-hybridized carbons (Fsp3) is 0.125. The van der Waals surface area contributed by atoms with Gasteiger partial charge in [0.15, 0.2) is 0 Å². The third-order valence-corrected chi connectivity index (χ3v) is 5.04. The molecule has 0 aliphatic rings. The fourth-order valence-electron chi connectivity index (χ4n) is 2.32. The van der Waals surface area contributed by atoms with E-state index in [1.165, 1.54) is 30.2 Å². The zero-order valence-corrected chi connectivity index (χ0v) is 15.7. The highest BCUT2D eigenvalue weighted by Gasteiger charge is 2.18. The van der Waals surface area contributed by atoms with Crippen molar-refractivity contribution < 1.29 is 9.31 Å². The van der Waals surface area contributed by atoms with Crippen LogP contribution in [0.4, 0.5) is 21.6 Å². The largest absolute Gasteiger partial charge is 0.337 e. The standard InChI is InChI=1S/C16H13BrFN5O2S/c17-9-1-2-12(11(18)5-9)22-16-10-6-14(23(24)25)15(26-4-3-19)7-13(10)20-8-21-16/h1-2,5-8H,3-4,19H2,(H,20,21,22). The minimum atomic E-state index is -0.476. The lowest BCUT2D eigenvalue weighted by molar-refractivity contribution is -0.387. The molecule has 0 fully saturated rings. The van der Waals surface area contributed by atoms with Crippen molar-refractivity contribution in [2.24, 2.45) is 5.73 Å². The van der Waals surface area contributed by atoms with Crippen molar-refractivity contribution in [3.63, 3.8) is 0 Å². The first kappa shape index (κ1) is 18.5. The van der Waals surface area contributed by atoms with E-state index in [4.69, 9.17) is 5.73 Å². The van der Waals surface area contributed by atoms with Gasteiger partial charge in [-0.1, -0.05) is 15.9 Å². The average Bonchev–Trinajstić information content (AvgIpc) is 2.61. The molecule has 0 aliphatic heterocycles. The smallest absolute Gasteiger partial charge is 0.283 e. The molecule has 26 heavy (non-hydrogen) atoms. The molecule has 1 heterocycles. The highest BCUT2D eigenvalue weighted by molar-refractivity contribution is 9.10. The summed E-state index contributed by atoms with van der Waals surface area (Å²) in [5, 5.41) is 14.7. The Kier molecular flexibility index (Phi) is 5.64. The van der Waals surface area contributed by atoms with Crippen molar-refractivity contribution in [3.8, 4) is 0 Å². The summed E-state index contributed by atoms with van der Waals surface area (Å²) in [5.41, 5.74) is 6.14. The Hall–Kier alpha value is -2.30. The van der Waals surface area contributed by atoms with Crippen LogP contribution in [0.2, 0.25) is 0 Å². The number of hydrogen-bond acceptors (Lipinski definition) is 7. The van der Waals surface area contributed by atoms with Gasteiger partial charge in [0.1, 0.15) is 18.0 Å². The highest BCUT2D eigenvalue weighted by atomic mass is 79.9. The van der Waals surface area contributed by atoms with Gasteiger partial charge in [-0.25, -0.2) is 14.4 Å². The maximum Gasteiger partial charge on any atom is 0.283 e. The maximum atomic E-state index is 14.1. The van der Waals surface area contributed by atoms with Crippen molar-refractivity contribution in [2.75, 3.05) is 17.6 Å². The molecule has 0 spiro atoms. The van der Waals surface area contributed by atoms with Gasteiger partial charge in [-0.2, -0.15) is 0 Å². The molecule has 3 rings (SSSR count).